The van der Waals surface area contributed by atoms with Gasteiger partial charge in [-0.3, -0.25) is 9.69 Å². The number of nitrogens with zero attached hydrogens (tertiary/aromatic N) is 2. The van der Waals surface area contributed by atoms with Crippen LogP contribution in [0.25, 0.3) is 0 Å². The second-order valence-corrected chi connectivity index (χ2v) is 6.59. The molecular formula is C16H32ClN3O2. The minimum atomic E-state index is -0.328. The number of hydrogen-bond acceptors (Lipinski definition) is 4. The SMILES string of the molecule is CCC(C)C(N)C(=O)N1CCC(CN2CCOCC2)CC1.Cl. The second kappa shape index (κ2) is 9.71. The van der Waals surface area contributed by atoms with Crippen LogP contribution in [-0.2, 0) is 9.53 Å². The third kappa shape index (κ3) is 5.37. The standard InChI is InChI=1S/C16H31N3O2.ClH/c1-3-13(2)15(17)16(20)19-6-4-14(5-7-19)12-18-8-10-21-11-9-18;/h13-15H,3-12,17H2,1-2H3;1H. The average Bonchev–Trinajstić information content (AvgIpc) is 2.54. The van der Waals surface area contributed by atoms with Crippen molar-refractivity contribution in [1.82, 2.24) is 9.80 Å². The van der Waals surface area contributed by atoms with E-state index in [0.29, 0.717) is 5.92 Å². The third-order valence-electron chi connectivity index (χ3n) is 5.09. The fourth-order valence-corrected chi connectivity index (χ4v) is 3.19. The summed E-state index contributed by atoms with van der Waals surface area (Å²) in [6.07, 6.45) is 3.17. The van der Waals surface area contributed by atoms with Gasteiger partial charge in [0.15, 0.2) is 0 Å². The van der Waals surface area contributed by atoms with E-state index in [1.54, 1.807) is 0 Å². The summed E-state index contributed by atoms with van der Waals surface area (Å²) in [5, 5.41) is 0. The molecule has 0 aromatic rings. The van der Waals surface area contributed by atoms with Crippen molar-refractivity contribution in [3.63, 3.8) is 0 Å². The first-order valence-corrected chi connectivity index (χ1v) is 8.46. The lowest BCUT2D eigenvalue weighted by atomic mass is 9.93. The Morgan fingerprint density at radius 1 is 1.23 bits per heavy atom. The molecule has 2 rings (SSSR count). The first-order chi connectivity index (χ1) is 10.1. The number of carbonyl (C=O) groups excluding carboxylic acids is 1. The average molecular weight is 334 g/mol. The lowest BCUT2D eigenvalue weighted by molar-refractivity contribution is -0.135. The Morgan fingerprint density at radius 2 is 1.82 bits per heavy atom. The van der Waals surface area contributed by atoms with Gasteiger partial charge in [-0.25, -0.2) is 0 Å². The van der Waals surface area contributed by atoms with Crippen LogP contribution in [0.1, 0.15) is 33.1 Å². The Hall–Kier alpha value is -0.360. The van der Waals surface area contributed by atoms with E-state index in [1.807, 2.05) is 4.90 Å². The summed E-state index contributed by atoms with van der Waals surface area (Å²) in [7, 11) is 0. The summed E-state index contributed by atoms with van der Waals surface area (Å²) < 4.78 is 5.39. The zero-order chi connectivity index (χ0) is 15.2. The first-order valence-electron chi connectivity index (χ1n) is 8.46. The summed E-state index contributed by atoms with van der Waals surface area (Å²) in [6.45, 7) is 10.9. The van der Waals surface area contributed by atoms with Gasteiger partial charge in [-0.2, -0.15) is 0 Å². The first kappa shape index (κ1) is 19.7. The molecule has 0 aromatic carbocycles. The van der Waals surface area contributed by atoms with E-state index in [2.05, 4.69) is 18.7 Å². The molecule has 22 heavy (non-hydrogen) atoms. The number of ether oxygens (including phenoxy) is 1. The topological polar surface area (TPSA) is 58.8 Å². The van der Waals surface area contributed by atoms with Crippen molar-refractivity contribution in [2.45, 2.75) is 39.2 Å². The molecule has 0 bridgehead atoms. The van der Waals surface area contributed by atoms with Crippen molar-refractivity contribution in [3.05, 3.63) is 0 Å². The normalized spacial score (nSPS) is 23.7. The number of amides is 1. The summed E-state index contributed by atoms with van der Waals surface area (Å²) in [6, 6.07) is -0.328. The Bertz CT molecular complexity index is 329. The molecule has 0 spiro atoms. The highest BCUT2D eigenvalue weighted by Gasteiger charge is 2.29. The molecule has 2 atom stereocenters. The molecule has 0 aromatic heterocycles. The van der Waals surface area contributed by atoms with Crippen molar-refractivity contribution < 1.29 is 9.53 Å². The van der Waals surface area contributed by atoms with Crippen LogP contribution < -0.4 is 5.73 Å². The molecule has 2 N–H and O–H groups in total. The van der Waals surface area contributed by atoms with Crippen molar-refractivity contribution in [1.29, 1.82) is 0 Å². The molecule has 130 valence electrons. The highest BCUT2D eigenvalue weighted by Crippen LogP contribution is 2.20. The van der Waals surface area contributed by atoms with Gasteiger partial charge in [0.05, 0.1) is 19.3 Å². The number of hydrogen-bond donors (Lipinski definition) is 1. The van der Waals surface area contributed by atoms with E-state index in [0.717, 1.165) is 65.2 Å². The summed E-state index contributed by atoms with van der Waals surface area (Å²) in [4.78, 5) is 16.8. The monoisotopic (exact) mass is 333 g/mol. The molecule has 2 aliphatic heterocycles. The van der Waals surface area contributed by atoms with Crippen LogP contribution in [0, 0.1) is 11.8 Å². The van der Waals surface area contributed by atoms with Crippen LogP contribution in [0.2, 0.25) is 0 Å². The van der Waals surface area contributed by atoms with Crippen LogP contribution >= 0.6 is 12.4 Å². The van der Waals surface area contributed by atoms with Gasteiger partial charge in [-0.05, 0) is 24.7 Å². The number of halogens is 1. The van der Waals surface area contributed by atoms with Crippen LogP contribution in [0.4, 0.5) is 0 Å². The van der Waals surface area contributed by atoms with E-state index >= 15 is 0 Å². The van der Waals surface area contributed by atoms with Gasteiger partial charge < -0.3 is 15.4 Å². The van der Waals surface area contributed by atoms with Crippen LogP contribution in [0.5, 0.6) is 0 Å². The van der Waals surface area contributed by atoms with Gasteiger partial charge in [0.1, 0.15) is 0 Å². The van der Waals surface area contributed by atoms with E-state index in [1.165, 1.54) is 0 Å². The maximum Gasteiger partial charge on any atom is 0.239 e. The number of rotatable bonds is 5. The van der Waals surface area contributed by atoms with Gasteiger partial charge in [0, 0.05) is 32.7 Å². The number of morpholine rings is 1. The van der Waals surface area contributed by atoms with Crippen LogP contribution in [-0.4, -0.2) is 67.7 Å². The van der Waals surface area contributed by atoms with E-state index in [9.17, 15) is 4.79 Å². The van der Waals surface area contributed by atoms with Crippen molar-refractivity contribution in [2.24, 2.45) is 17.6 Å². The zero-order valence-corrected chi connectivity index (χ0v) is 14.8. The van der Waals surface area contributed by atoms with E-state index in [-0.39, 0.29) is 30.3 Å². The Kier molecular flexibility index (Phi) is 8.69. The smallest absolute Gasteiger partial charge is 0.239 e. The molecule has 2 fully saturated rings. The third-order valence-corrected chi connectivity index (χ3v) is 5.09. The van der Waals surface area contributed by atoms with Gasteiger partial charge in [-0.1, -0.05) is 20.3 Å². The zero-order valence-electron chi connectivity index (χ0n) is 14.0. The number of nitrogens with two attached hydrogens (primary N) is 1. The fraction of sp³-hybridized carbons (Fsp3) is 0.938. The Labute approximate surface area is 140 Å². The molecule has 0 aliphatic carbocycles. The van der Waals surface area contributed by atoms with Gasteiger partial charge in [-0.15, -0.1) is 12.4 Å². The van der Waals surface area contributed by atoms with Crippen molar-refractivity contribution >= 4 is 18.3 Å². The molecule has 1 amide bonds. The number of piperidine rings is 1. The minimum Gasteiger partial charge on any atom is -0.379 e. The van der Waals surface area contributed by atoms with Gasteiger partial charge in [0.25, 0.3) is 0 Å². The Balaban J connectivity index is 0.00000242. The maximum atomic E-state index is 12.4. The van der Waals surface area contributed by atoms with Crippen molar-refractivity contribution in [3.8, 4) is 0 Å². The molecule has 6 heteroatoms. The molecule has 0 saturated carbocycles. The second-order valence-electron chi connectivity index (χ2n) is 6.59. The molecule has 2 aliphatic rings. The van der Waals surface area contributed by atoms with Crippen LogP contribution in [0.3, 0.4) is 0 Å². The van der Waals surface area contributed by atoms with Gasteiger partial charge in [0.2, 0.25) is 5.91 Å². The predicted octanol–water partition coefficient (Wildman–Crippen LogP) is 1.35. The lowest BCUT2D eigenvalue weighted by Gasteiger charge is -2.37. The quantitative estimate of drug-likeness (QED) is 0.825. The molecular weight excluding hydrogens is 302 g/mol. The van der Waals surface area contributed by atoms with Crippen molar-refractivity contribution in [2.75, 3.05) is 45.9 Å². The highest BCUT2D eigenvalue weighted by molar-refractivity contribution is 5.85. The lowest BCUT2D eigenvalue weighted by Crippen LogP contribution is -2.50. The van der Waals surface area contributed by atoms with Crippen LogP contribution in [0.15, 0.2) is 0 Å². The molecule has 2 saturated heterocycles. The number of carbonyl (C=O) groups is 1. The molecule has 2 unspecified atom stereocenters. The summed E-state index contributed by atoms with van der Waals surface area (Å²) in [5.41, 5.74) is 6.07. The van der Waals surface area contributed by atoms with Gasteiger partial charge >= 0.3 is 0 Å². The predicted molar refractivity (Wildman–Crippen MR) is 91.2 cm³/mol. The minimum absolute atomic E-state index is 0. The summed E-state index contributed by atoms with van der Waals surface area (Å²) in [5.74, 6) is 1.13. The largest absolute Gasteiger partial charge is 0.379 e. The maximum absolute atomic E-state index is 12.4. The highest BCUT2D eigenvalue weighted by atomic mass is 35.5. The molecule has 2 heterocycles. The Morgan fingerprint density at radius 3 is 2.36 bits per heavy atom. The number of likely N-dealkylation sites (tertiary alicyclic amines) is 1. The van der Waals surface area contributed by atoms with E-state index < -0.39 is 0 Å². The molecule has 0 radical (unpaired) electrons. The summed E-state index contributed by atoms with van der Waals surface area (Å²) >= 11 is 0. The fourth-order valence-electron chi connectivity index (χ4n) is 3.19. The van der Waals surface area contributed by atoms with E-state index in [4.69, 9.17) is 10.5 Å². The molecule has 5 nitrogen and oxygen atoms in total.